The monoisotopic (exact) mass is 186 g/mol. The molecule has 0 aliphatic heterocycles. The van der Waals surface area contributed by atoms with Crippen LogP contribution in [0.3, 0.4) is 0 Å². The van der Waals surface area contributed by atoms with Crippen LogP contribution in [0.4, 0.5) is 0 Å². The fourth-order valence-corrected chi connectivity index (χ4v) is 1.14. The smallest absolute Gasteiger partial charge is 0.172 e. The number of ketones is 1. The zero-order valence-electron chi connectivity index (χ0n) is 7.43. The van der Waals surface area contributed by atoms with Crippen molar-refractivity contribution in [2.45, 2.75) is 6.92 Å². The first kappa shape index (κ1) is 8.38. The number of aromatic nitrogens is 3. The van der Waals surface area contributed by atoms with Crippen LogP contribution in [0.5, 0.6) is 0 Å². The summed E-state index contributed by atoms with van der Waals surface area (Å²) in [6.45, 7) is 1.46. The molecule has 0 aromatic carbocycles. The molecule has 2 heterocycles. The van der Waals surface area contributed by atoms with E-state index in [9.17, 15) is 4.79 Å². The highest BCUT2D eigenvalue weighted by Crippen LogP contribution is 2.07. The molecule has 0 spiro atoms. The summed E-state index contributed by atoms with van der Waals surface area (Å²) >= 11 is 0. The normalized spacial score (nSPS) is 10.0. The van der Waals surface area contributed by atoms with Gasteiger partial charge in [0.2, 0.25) is 0 Å². The average Bonchev–Trinajstić information content (AvgIpc) is 2.59. The van der Waals surface area contributed by atoms with E-state index in [0.717, 1.165) is 0 Å². The molecule has 0 bridgehead atoms. The van der Waals surface area contributed by atoms with Crippen LogP contribution in [-0.2, 0) is 0 Å². The number of nitriles is 1. The largest absolute Gasteiger partial charge is 0.294 e. The van der Waals surface area contributed by atoms with Crippen LogP contribution in [0.15, 0.2) is 18.6 Å². The second kappa shape index (κ2) is 2.92. The van der Waals surface area contributed by atoms with E-state index in [-0.39, 0.29) is 5.78 Å². The summed E-state index contributed by atoms with van der Waals surface area (Å²) in [6, 6.07) is 1.97. The average molecular weight is 186 g/mol. The molecule has 68 valence electrons. The molecule has 0 aliphatic rings. The van der Waals surface area contributed by atoms with Crippen LogP contribution in [0.1, 0.15) is 22.8 Å². The molecule has 5 nitrogen and oxygen atoms in total. The van der Waals surface area contributed by atoms with E-state index in [1.807, 2.05) is 6.07 Å². The van der Waals surface area contributed by atoms with E-state index in [0.29, 0.717) is 16.8 Å². The number of Topliss-reactive ketones (excluding diaryl/α,β-unsaturated/α-hetero) is 1. The summed E-state index contributed by atoms with van der Waals surface area (Å²) in [5.74, 6) is -0.0755. The van der Waals surface area contributed by atoms with Crippen LogP contribution in [0.2, 0.25) is 0 Å². The molecule has 0 atom stereocenters. The molecule has 0 unspecified atom stereocenters. The van der Waals surface area contributed by atoms with Gasteiger partial charge in [0.25, 0.3) is 0 Å². The Morgan fingerprint density at radius 3 is 3.00 bits per heavy atom. The van der Waals surface area contributed by atoms with Crippen molar-refractivity contribution in [1.82, 2.24) is 14.6 Å². The topological polar surface area (TPSA) is 71.0 Å². The number of rotatable bonds is 1. The molecular weight excluding hydrogens is 180 g/mol. The summed E-state index contributed by atoms with van der Waals surface area (Å²) in [6.07, 6.45) is 4.43. The van der Waals surface area contributed by atoms with E-state index < -0.39 is 0 Å². The third-order valence-electron chi connectivity index (χ3n) is 1.88. The highest BCUT2D eigenvalue weighted by molar-refractivity contribution is 5.93. The minimum atomic E-state index is -0.0755. The van der Waals surface area contributed by atoms with Crippen molar-refractivity contribution in [3.8, 4) is 6.07 Å². The van der Waals surface area contributed by atoms with Gasteiger partial charge < -0.3 is 0 Å². The van der Waals surface area contributed by atoms with Crippen molar-refractivity contribution < 1.29 is 4.79 Å². The van der Waals surface area contributed by atoms with Crippen molar-refractivity contribution in [3.63, 3.8) is 0 Å². The summed E-state index contributed by atoms with van der Waals surface area (Å²) in [7, 11) is 0. The summed E-state index contributed by atoms with van der Waals surface area (Å²) in [4.78, 5) is 15.0. The predicted octanol–water partition coefficient (Wildman–Crippen LogP) is 0.804. The Labute approximate surface area is 79.6 Å². The third kappa shape index (κ3) is 1.13. The van der Waals surface area contributed by atoms with Crippen LogP contribution in [-0.4, -0.2) is 20.4 Å². The lowest BCUT2D eigenvalue weighted by Gasteiger charge is -1.95. The maximum Gasteiger partial charge on any atom is 0.172 e. The highest BCUT2D eigenvalue weighted by Gasteiger charge is 2.06. The zero-order chi connectivity index (χ0) is 10.1. The number of nitrogens with zero attached hydrogens (tertiary/aromatic N) is 4. The van der Waals surface area contributed by atoms with E-state index in [2.05, 4.69) is 10.1 Å². The maximum atomic E-state index is 11.0. The number of hydrogen-bond donors (Lipinski definition) is 0. The fourth-order valence-electron chi connectivity index (χ4n) is 1.14. The van der Waals surface area contributed by atoms with Crippen LogP contribution < -0.4 is 0 Å². The predicted molar refractivity (Wildman–Crippen MR) is 47.7 cm³/mol. The van der Waals surface area contributed by atoms with E-state index >= 15 is 0 Å². The lowest BCUT2D eigenvalue weighted by Crippen LogP contribution is -1.98. The summed E-state index contributed by atoms with van der Waals surface area (Å²) < 4.78 is 1.43. The fraction of sp³-hybridized carbons (Fsp3) is 0.111. The highest BCUT2D eigenvalue weighted by atomic mass is 16.1. The van der Waals surface area contributed by atoms with Gasteiger partial charge in [0.1, 0.15) is 11.6 Å². The van der Waals surface area contributed by atoms with Crippen LogP contribution >= 0.6 is 0 Å². The van der Waals surface area contributed by atoms with Crippen molar-refractivity contribution in [1.29, 1.82) is 5.26 Å². The molecule has 0 radical (unpaired) electrons. The van der Waals surface area contributed by atoms with Gasteiger partial charge in [-0.25, -0.2) is 9.50 Å². The lowest BCUT2D eigenvalue weighted by molar-refractivity contribution is 0.101. The van der Waals surface area contributed by atoms with E-state index in [4.69, 9.17) is 5.26 Å². The molecule has 2 rings (SSSR count). The van der Waals surface area contributed by atoms with Crippen molar-refractivity contribution in [2.24, 2.45) is 0 Å². The molecule has 2 aromatic heterocycles. The Morgan fingerprint density at radius 2 is 2.36 bits per heavy atom. The van der Waals surface area contributed by atoms with Gasteiger partial charge in [-0.3, -0.25) is 4.79 Å². The second-order valence-corrected chi connectivity index (χ2v) is 2.84. The first-order valence-electron chi connectivity index (χ1n) is 3.97. The molecule has 0 saturated heterocycles. The van der Waals surface area contributed by atoms with Gasteiger partial charge in [-0.1, -0.05) is 0 Å². The standard InChI is InChI=1S/C9H6N4O/c1-6(14)8-3-11-9-7(2-10)4-12-13(9)5-8/h3-5H,1H3. The minimum absolute atomic E-state index is 0.0755. The summed E-state index contributed by atoms with van der Waals surface area (Å²) in [5.41, 5.74) is 1.35. The van der Waals surface area contributed by atoms with Gasteiger partial charge in [0.15, 0.2) is 11.4 Å². The quantitative estimate of drug-likeness (QED) is 0.617. The van der Waals surface area contributed by atoms with Crippen LogP contribution in [0, 0.1) is 11.3 Å². The van der Waals surface area contributed by atoms with Gasteiger partial charge in [-0.2, -0.15) is 10.4 Å². The van der Waals surface area contributed by atoms with Crippen molar-refractivity contribution >= 4 is 11.4 Å². The second-order valence-electron chi connectivity index (χ2n) is 2.84. The molecule has 14 heavy (non-hydrogen) atoms. The molecule has 0 N–H and O–H groups in total. The Hall–Kier alpha value is -2.22. The molecule has 5 heteroatoms. The molecule has 0 fully saturated rings. The number of carbonyl (C=O) groups excluding carboxylic acids is 1. The SMILES string of the molecule is CC(=O)c1cnc2c(C#N)cnn2c1. The Bertz CT molecular complexity index is 549. The van der Waals surface area contributed by atoms with Gasteiger partial charge in [0, 0.05) is 12.4 Å². The molecule has 0 amide bonds. The maximum absolute atomic E-state index is 11.0. The summed E-state index contributed by atoms with van der Waals surface area (Å²) in [5, 5.41) is 12.6. The van der Waals surface area contributed by atoms with E-state index in [1.54, 1.807) is 6.20 Å². The number of fused-ring (bicyclic) bond motifs is 1. The van der Waals surface area contributed by atoms with Gasteiger partial charge in [0.05, 0.1) is 11.8 Å². The lowest BCUT2D eigenvalue weighted by atomic mass is 10.2. The number of hydrogen-bond acceptors (Lipinski definition) is 4. The first-order chi connectivity index (χ1) is 6.72. The Balaban J connectivity index is 2.70. The van der Waals surface area contributed by atoms with Gasteiger partial charge in [-0.05, 0) is 6.92 Å². The van der Waals surface area contributed by atoms with Gasteiger partial charge >= 0.3 is 0 Å². The molecule has 0 saturated carbocycles. The third-order valence-corrected chi connectivity index (χ3v) is 1.88. The Morgan fingerprint density at radius 1 is 1.57 bits per heavy atom. The van der Waals surface area contributed by atoms with E-state index in [1.165, 1.54) is 23.8 Å². The molecule has 0 aliphatic carbocycles. The molecular formula is C9H6N4O. The van der Waals surface area contributed by atoms with Gasteiger partial charge in [-0.15, -0.1) is 0 Å². The first-order valence-corrected chi connectivity index (χ1v) is 3.97. The van der Waals surface area contributed by atoms with Crippen molar-refractivity contribution in [3.05, 3.63) is 29.7 Å². The minimum Gasteiger partial charge on any atom is -0.294 e. The zero-order valence-corrected chi connectivity index (χ0v) is 7.43. The number of carbonyl (C=O) groups is 1. The van der Waals surface area contributed by atoms with Crippen molar-refractivity contribution in [2.75, 3.05) is 0 Å². The Kier molecular flexibility index (Phi) is 1.75. The van der Waals surface area contributed by atoms with Crippen LogP contribution in [0.25, 0.3) is 5.65 Å². The molecule has 2 aromatic rings.